The molecule has 0 atom stereocenters. The lowest BCUT2D eigenvalue weighted by atomic mass is 9.84. The van der Waals surface area contributed by atoms with Crippen LogP contribution in [-0.4, -0.2) is 35.0 Å². The molecule has 0 fully saturated rings. The molecule has 0 radical (unpaired) electrons. The second-order valence-electron chi connectivity index (χ2n) is 6.41. The summed E-state index contributed by atoms with van der Waals surface area (Å²) in [5.41, 5.74) is -0.742. The Labute approximate surface area is 169 Å². The van der Waals surface area contributed by atoms with E-state index in [0.29, 0.717) is 0 Å². The maximum atomic E-state index is 13.2. The first-order valence-electron chi connectivity index (χ1n) is 8.82. The second kappa shape index (κ2) is 8.60. The maximum Gasteiger partial charge on any atom is 0.322 e. The standard InChI is InChI=1S/C22H15F2NO5/c23-14-5-1-12(2-6-14)21(29)19-16(25-11-18(27)28)9-10-17(26)20(19)22(30)13-3-7-15(24)8-4-13/h1-9,25H,10-11H2,(H,27,28). The Balaban J connectivity index is 2.14. The smallest absolute Gasteiger partial charge is 0.322 e. The number of rotatable bonds is 7. The average molecular weight is 411 g/mol. The number of carboxylic acid groups (broad SMARTS) is 1. The van der Waals surface area contributed by atoms with Crippen molar-refractivity contribution in [3.05, 3.63) is 94.2 Å². The van der Waals surface area contributed by atoms with Crippen LogP contribution in [0.2, 0.25) is 0 Å². The third-order valence-electron chi connectivity index (χ3n) is 4.39. The van der Waals surface area contributed by atoms with Gasteiger partial charge < -0.3 is 10.4 Å². The second-order valence-corrected chi connectivity index (χ2v) is 6.41. The Hall–Kier alpha value is -3.94. The SMILES string of the molecule is O=C(O)CNC1=CCC(=O)C(C(=O)c2ccc(F)cc2)=C1C(=O)c1ccc(F)cc1. The summed E-state index contributed by atoms with van der Waals surface area (Å²) in [6.07, 6.45) is 1.09. The van der Waals surface area contributed by atoms with E-state index in [4.69, 9.17) is 5.11 Å². The summed E-state index contributed by atoms with van der Waals surface area (Å²) in [6.45, 7) is -0.557. The van der Waals surface area contributed by atoms with Gasteiger partial charge in [0.1, 0.15) is 18.2 Å². The van der Waals surface area contributed by atoms with Crippen LogP contribution >= 0.6 is 0 Å². The number of hydrogen-bond acceptors (Lipinski definition) is 5. The van der Waals surface area contributed by atoms with E-state index < -0.39 is 47.1 Å². The molecule has 0 spiro atoms. The quantitative estimate of drug-likeness (QED) is 0.537. The molecule has 30 heavy (non-hydrogen) atoms. The summed E-state index contributed by atoms with van der Waals surface area (Å²) >= 11 is 0. The molecule has 0 amide bonds. The van der Waals surface area contributed by atoms with Crippen LogP contribution in [0.25, 0.3) is 0 Å². The van der Waals surface area contributed by atoms with Crippen molar-refractivity contribution in [2.24, 2.45) is 0 Å². The summed E-state index contributed by atoms with van der Waals surface area (Å²) < 4.78 is 26.5. The minimum Gasteiger partial charge on any atom is -0.480 e. The highest BCUT2D eigenvalue weighted by Gasteiger charge is 2.33. The van der Waals surface area contributed by atoms with Gasteiger partial charge in [0.25, 0.3) is 0 Å². The Morgan fingerprint density at radius 2 is 1.30 bits per heavy atom. The van der Waals surface area contributed by atoms with Crippen LogP contribution in [0.3, 0.4) is 0 Å². The molecule has 6 nitrogen and oxygen atoms in total. The lowest BCUT2D eigenvalue weighted by Crippen LogP contribution is -2.31. The Kier molecular flexibility index (Phi) is 5.96. The molecule has 1 aliphatic rings. The summed E-state index contributed by atoms with van der Waals surface area (Å²) in [5.74, 6) is -4.57. The molecule has 0 aliphatic heterocycles. The van der Waals surface area contributed by atoms with E-state index in [0.717, 1.165) is 24.3 Å². The zero-order chi connectivity index (χ0) is 21.8. The van der Waals surface area contributed by atoms with Crippen LogP contribution in [0.4, 0.5) is 8.78 Å². The van der Waals surface area contributed by atoms with Crippen molar-refractivity contribution >= 4 is 23.3 Å². The number of hydrogen-bond donors (Lipinski definition) is 2. The molecule has 0 bridgehead atoms. The Morgan fingerprint density at radius 3 is 1.77 bits per heavy atom. The normalized spacial score (nSPS) is 13.7. The number of ketones is 3. The molecular weight excluding hydrogens is 396 g/mol. The fourth-order valence-electron chi connectivity index (χ4n) is 2.97. The molecule has 3 rings (SSSR count). The van der Waals surface area contributed by atoms with Crippen LogP contribution in [0.1, 0.15) is 27.1 Å². The van der Waals surface area contributed by atoms with Crippen molar-refractivity contribution in [1.29, 1.82) is 0 Å². The van der Waals surface area contributed by atoms with Crippen molar-refractivity contribution in [2.75, 3.05) is 6.54 Å². The molecule has 1 aliphatic carbocycles. The van der Waals surface area contributed by atoms with E-state index in [1.54, 1.807) is 0 Å². The van der Waals surface area contributed by atoms with Gasteiger partial charge in [-0.1, -0.05) is 6.08 Å². The third-order valence-corrected chi connectivity index (χ3v) is 4.39. The zero-order valence-corrected chi connectivity index (χ0v) is 15.4. The number of nitrogens with one attached hydrogen (secondary N) is 1. The molecule has 0 aromatic heterocycles. The Bertz CT molecular complexity index is 1100. The van der Waals surface area contributed by atoms with Crippen molar-refractivity contribution < 1.29 is 33.1 Å². The summed E-state index contributed by atoms with van der Waals surface area (Å²) in [4.78, 5) is 49.7. The molecule has 8 heteroatoms. The van der Waals surface area contributed by atoms with Gasteiger partial charge in [-0.15, -0.1) is 0 Å². The highest BCUT2D eigenvalue weighted by Crippen LogP contribution is 2.28. The van der Waals surface area contributed by atoms with Gasteiger partial charge in [-0.25, -0.2) is 8.78 Å². The number of carboxylic acids is 1. The van der Waals surface area contributed by atoms with Gasteiger partial charge in [0.15, 0.2) is 17.3 Å². The third kappa shape index (κ3) is 4.38. The van der Waals surface area contributed by atoms with Crippen LogP contribution in [0.5, 0.6) is 0 Å². The molecule has 152 valence electrons. The van der Waals surface area contributed by atoms with Gasteiger partial charge in [0, 0.05) is 23.2 Å². The topological polar surface area (TPSA) is 101 Å². The van der Waals surface area contributed by atoms with Crippen LogP contribution in [-0.2, 0) is 9.59 Å². The molecule has 0 saturated carbocycles. The summed E-state index contributed by atoms with van der Waals surface area (Å²) in [6, 6.07) is 8.93. The van der Waals surface area contributed by atoms with E-state index in [1.165, 1.54) is 30.3 Å². The molecular formula is C22H15F2NO5. The van der Waals surface area contributed by atoms with Crippen molar-refractivity contribution in [2.45, 2.75) is 6.42 Å². The Morgan fingerprint density at radius 1 is 0.833 bits per heavy atom. The first kappa shape index (κ1) is 20.8. The van der Waals surface area contributed by atoms with Crippen molar-refractivity contribution in [3.8, 4) is 0 Å². The van der Waals surface area contributed by atoms with Gasteiger partial charge in [0.05, 0.1) is 11.1 Å². The van der Waals surface area contributed by atoms with Crippen molar-refractivity contribution in [3.63, 3.8) is 0 Å². The van der Waals surface area contributed by atoms with E-state index in [-0.39, 0.29) is 28.8 Å². The van der Waals surface area contributed by atoms with Gasteiger partial charge in [-0.3, -0.25) is 19.2 Å². The molecule has 0 unspecified atom stereocenters. The van der Waals surface area contributed by atoms with E-state index in [2.05, 4.69) is 5.32 Å². The number of halogens is 2. The number of allylic oxidation sites excluding steroid dienone is 3. The molecule has 2 aromatic rings. The zero-order valence-electron chi connectivity index (χ0n) is 15.4. The first-order chi connectivity index (χ1) is 14.3. The molecule has 0 saturated heterocycles. The van der Waals surface area contributed by atoms with E-state index >= 15 is 0 Å². The molecule has 2 aromatic carbocycles. The van der Waals surface area contributed by atoms with Gasteiger partial charge >= 0.3 is 5.97 Å². The summed E-state index contributed by atoms with van der Waals surface area (Å²) in [5, 5.41) is 11.5. The van der Waals surface area contributed by atoms with Crippen molar-refractivity contribution in [1.82, 2.24) is 5.32 Å². The predicted molar refractivity (Wildman–Crippen MR) is 102 cm³/mol. The number of benzene rings is 2. The number of Topliss-reactive ketones (excluding diaryl/α,β-unsaturated/α-hetero) is 3. The number of aliphatic carboxylic acids is 1. The largest absolute Gasteiger partial charge is 0.480 e. The minimum absolute atomic E-state index is 0.00790. The van der Waals surface area contributed by atoms with Gasteiger partial charge in [0.2, 0.25) is 0 Å². The number of carbonyl (C=O) groups is 4. The van der Waals surface area contributed by atoms with Gasteiger partial charge in [-0.2, -0.15) is 0 Å². The fourth-order valence-corrected chi connectivity index (χ4v) is 2.97. The highest BCUT2D eigenvalue weighted by molar-refractivity contribution is 6.33. The van der Waals surface area contributed by atoms with Crippen LogP contribution in [0.15, 0.2) is 71.5 Å². The molecule has 2 N–H and O–H groups in total. The average Bonchev–Trinajstić information content (AvgIpc) is 2.72. The first-order valence-corrected chi connectivity index (χ1v) is 8.82. The predicted octanol–water partition coefficient (Wildman–Crippen LogP) is 2.86. The lowest BCUT2D eigenvalue weighted by molar-refractivity contribution is -0.135. The van der Waals surface area contributed by atoms with Crippen LogP contribution < -0.4 is 5.32 Å². The van der Waals surface area contributed by atoms with E-state index in [9.17, 15) is 28.0 Å². The number of carbonyl (C=O) groups excluding carboxylic acids is 3. The fraction of sp³-hybridized carbons (Fsp3) is 0.0909. The highest BCUT2D eigenvalue weighted by atomic mass is 19.1. The molecule has 0 heterocycles. The van der Waals surface area contributed by atoms with Crippen LogP contribution in [0, 0.1) is 11.6 Å². The van der Waals surface area contributed by atoms with Gasteiger partial charge in [-0.05, 0) is 48.5 Å². The van der Waals surface area contributed by atoms with E-state index in [1.807, 2.05) is 0 Å². The minimum atomic E-state index is -1.22. The monoisotopic (exact) mass is 411 g/mol. The summed E-state index contributed by atoms with van der Waals surface area (Å²) in [7, 11) is 0. The maximum absolute atomic E-state index is 13.2. The lowest BCUT2D eigenvalue weighted by Gasteiger charge is -2.21.